The summed E-state index contributed by atoms with van der Waals surface area (Å²) in [6, 6.07) is 4.65. The minimum absolute atomic E-state index is 0.178. The number of amides is 1. The maximum Gasteiger partial charge on any atom is 0.416 e. The van der Waals surface area contributed by atoms with Gasteiger partial charge in [-0.3, -0.25) is 4.79 Å². The number of methoxy groups -OCH3 is 1. The van der Waals surface area contributed by atoms with Gasteiger partial charge in [0.2, 0.25) is 0 Å². The number of aromatic hydroxyl groups is 1. The van der Waals surface area contributed by atoms with Crippen molar-refractivity contribution in [3.8, 4) is 16.9 Å². The third-order valence-electron chi connectivity index (χ3n) is 3.51. The monoisotopic (exact) mass is 368 g/mol. The van der Waals surface area contributed by atoms with Crippen molar-refractivity contribution in [2.45, 2.75) is 19.1 Å². The predicted octanol–water partition coefficient (Wildman–Crippen LogP) is 2.76. The van der Waals surface area contributed by atoms with E-state index in [0.717, 1.165) is 31.5 Å². The maximum atomic E-state index is 12.8. The molecule has 2 aromatic rings. The van der Waals surface area contributed by atoms with Crippen LogP contribution in [0.25, 0.3) is 11.1 Å². The van der Waals surface area contributed by atoms with Gasteiger partial charge < -0.3 is 15.2 Å². The first-order chi connectivity index (χ1) is 12.1. The standard InChI is InChI=1S/C17H15F3N2O4/c1-9(16(25)26-2)22-15(24)14-13(23)7-11(8-21-14)10-4-3-5-12(6-10)17(18,19)20/h3-9,23H,1-2H3,(H,22,24). The molecule has 1 aromatic heterocycles. The average Bonchev–Trinajstić information content (AvgIpc) is 2.60. The third kappa shape index (κ3) is 4.29. The Hall–Kier alpha value is -3.10. The second-order valence-corrected chi connectivity index (χ2v) is 5.39. The van der Waals surface area contributed by atoms with Gasteiger partial charge in [-0.1, -0.05) is 12.1 Å². The van der Waals surface area contributed by atoms with E-state index in [9.17, 15) is 27.9 Å². The fourth-order valence-electron chi connectivity index (χ4n) is 2.16. The van der Waals surface area contributed by atoms with E-state index in [1.165, 1.54) is 19.1 Å². The Labute approximate surface area is 146 Å². The number of hydrogen-bond acceptors (Lipinski definition) is 5. The number of esters is 1. The van der Waals surface area contributed by atoms with Crippen LogP contribution in [0, 0.1) is 0 Å². The summed E-state index contributed by atoms with van der Waals surface area (Å²) in [5, 5.41) is 12.3. The molecule has 138 valence electrons. The number of ether oxygens (including phenoxy) is 1. The zero-order chi connectivity index (χ0) is 19.5. The molecule has 0 fully saturated rings. The summed E-state index contributed by atoms with van der Waals surface area (Å²) in [5.41, 5.74) is -0.830. The number of halogens is 3. The van der Waals surface area contributed by atoms with Crippen LogP contribution in [-0.2, 0) is 15.7 Å². The van der Waals surface area contributed by atoms with Gasteiger partial charge in [-0.05, 0) is 30.7 Å². The number of aromatic nitrogens is 1. The SMILES string of the molecule is COC(=O)C(C)NC(=O)c1ncc(-c2cccc(C(F)(F)F)c2)cc1O. The largest absolute Gasteiger partial charge is 0.505 e. The third-order valence-corrected chi connectivity index (χ3v) is 3.51. The molecule has 1 atom stereocenters. The van der Waals surface area contributed by atoms with Crippen LogP contribution in [0.5, 0.6) is 5.75 Å². The number of benzene rings is 1. The van der Waals surface area contributed by atoms with E-state index in [-0.39, 0.29) is 16.8 Å². The first-order valence-electron chi connectivity index (χ1n) is 7.39. The van der Waals surface area contributed by atoms with Crippen LogP contribution in [0.2, 0.25) is 0 Å². The van der Waals surface area contributed by atoms with E-state index >= 15 is 0 Å². The number of rotatable bonds is 4. The van der Waals surface area contributed by atoms with Crippen LogP contribution in [0.15, 0.2) is 36.5 Å². The van der Waals surface area contributed by atoms with Crippen LogP contribution < -0.4 is 5.32 Å². The van der Waals surface area contributed by atoms with Gasteiger partial charge in [0.1, 0.15) is 11.8 Å². The molecular formula is C17H15F3N2O4. The number of nitrogens with zero attached hydrogens (tertiary/aromatic N) is 1. The fourth-order valence-corrected chi connectivity index (χ4v) is 2.16. The Morgan fingerprint density at radius 1 is 1.23 bits per heavy atom. The summed E-state index contributed by atoms with van der Waals surface area (Å²) in [7, 11) is 1.16. The molecule has 2 rings (SSSR count). The highest BCUT2D eigenvalue weighted by Gasteiger charge is 2.30. The molecule has 6 nitrogen and oxygen atoms in total. The second kappa shape index (κ2) is 7.42. The van der Waals surface area contributed by atoms with E-state index < -0.39 is 35.4 Å². The molecule has 26 heavy (non-hydrogen) atoms. The van der Waals surface area contributed by atoms with Crippen LogP contribution in [0.1, 0.15) is 23.0 Å². The number of nitrogens with one attached hydrogen (secondary N) is 1. The van der Waals surface area contributed by atoms with Gasteiger partial charge >= 0.3 is 12.1 Å². The van der Waals surface area contributed by atoms with E-state index in [1.54, 1.807) is 0 Å². The molecule has 1 heterocycles. The molecule has 2 N–H and O–H groups in total. The summed E-state index contributed by atoms with van der Waals surface area (Å²) < 4.78 is 42.8. The van der Waals surface area contributed by atoms with E-state index in [0.29, 0.717) is 0 Å². The van der Waals surface area contributed by atoms with Crippen LogP contribution in [0.3, 0.4) is 0 Å². The van der Waals surface area contributed by atoms with Gasteiger partial charge in [0.05, 0.1) is 12.7 Å². The van der Waals surface area contributed by atoms with Crippen molar-refractivity contribution < 1.29 is 32.6 Å². The number of carbonyl (C=O) groups excluding carboxylic acids is 2. The Morgan fingerprint density at radius 2 is 1.92 bits per heavy atom. The lowest BCUT2D eigenvalue weighted by Crippen LogP contribution is -2.39. The normalized spacial score (nSPS) is 12.3. The van der Waals surface area contributed by atoms with Gasteiger partial charge in [0.25, 0.3) is 5.91 Å². The zero-order valence-corrected chi connectivity index (χ0v) is 13.8. The molecule has 0 aliphatic heterocycles. The Bertz CT molecular complexity index is 837. The smallest absolute Gasteiger partial charge is 0.416 e. The van der Waals surface area contributed by atoms with Crippen molar-refractivity contribution in [1.82, 2.24) is 10.3 Å². The molecule has 0 saturated heterocycles. The molecule has 1 unspecified atom stereocenters. The molecular weight excluding hydrogens is 353 g/mol. The topological polar surface area (TPSA) is 88.5 Å². The van der Waals surface area contributed by atoms with Crippen molar-refractivity contribution in [2.24, 2.45) is 0 Å². The molecule has 0 bridgehead atoms. The van der Waals surface area contributed by atoms with Crippen LogP contribution >= 0.6 is 0 Å². The van der Waals surface area contributed by atoms with Gasteiger partial charge in [0, 0.05) is 11.8 Å². The highest BCUT2D eigenvalue weighted by atomic mass is 19.4. The maximum absolute atomic E-state index is 12.8. The molecule has 0 aliphatic rings. The van der Waals surface area contributed by atoms with E-state index in [1.807, 2.05) is 0 Å². The van der Waals surface area contributed by atoms with Crippen molar-refractivity contribution in [2.75, 3.05) is 7.11 Å². The van der Waals surface area contributed by atoms with Crippen molar-refractivity contribution in [1.29, 1.82) is 0 Å². The van der Waals surface area contributed by atoms with Crippen molar-refractivity contribution in [3.63, 3.8) is 0 Å². The molecule has 9 heteroatoms. The summed E-state index contributed by atoms with van der Waals surface area (Å²) in [5.74, 6) is -2.04. The van der Waals surface area contributed by atoms with E-state index in [2.05, 4.69) is 15.0 Å². The lowest BCUT2D eigenvalue weighted by atomic mass is 10.0. The zero-order valence-electron chi connectivity index (χ0n) is 13.8. The number of alkyl halides is 3. The number of carbonyl (C=O) groups is 2. The van der Waals surface area contributed by atoms with E-state index in [4.69, 9.17) is 0 Å². The second-order valence-electron chi connectivity index (χ2n) is 5.39. The van der Waals surface area contributed by atoms with Gasteiger partial charge in [0.15, 0.2) is 5.69 Å². The van der Waals surface area contributed by atoms with Gasteiger partial charge in [-0.2, -0.15) is 13.2 Å². The highest BCUT2D eigenvalue weighted by Crippen LogP contribution is 2.33. The van der Waals surface area contributed by atoms with Crippen molar-refractivity contribution >= 4 is 11.9 Å². The molecule has 1 amide bonds. The molecule has 0 radical (unpaired) electrons. The fraction of sp³-hybridized carbons (Fsp3) is 0.235. The minimum Gasteiger partial charge on any atom is -0.505 e. The Morgan fingerprint density at radius 3 is 2.50 bits per heavy atom. The quantitative estimate of drug-likeness (QED) is 0.810. The summed E-state index contributed by atoms with van der Waals surface area (Å²) in [4.78, 5) is 27.1. The molecule has 0 spiro atoms. The molecule has 0 saturated carbocycles. The van der Waals surface area contributed by atoms with Gasteiger partial charge in [-0.15, -0.1) is 0 Å². The first kappa shape index (κ1) is 19.2. The lowest BCUT2D eigenvalue weighted by molar-refractivity contribution is -0.142. The van der Waals surface area contributed by atoms with Gasteiger partial charge in [-0.25, -0.2) is 9.78 Å². The summed E-state index contributed by atoms with van der Waals surface area (Å²) in [6.45, 7) is 1.39. The Balaban J connectivity index is 2.27. The van der Waals surface area contributed by atoms with Crippen LogP contribution in [-0.4, -0.2) is 35.1 Å². The number of hydrogen-bond donors (Lipinski definition) is 2. The summed E-state index contributed by atoms with van der Waals surface area (Å²) in [6.07, 6.45) is -3.34. The summed E-state index contributed by atoms with van der Waals surface area (Å²) >= 11 is 0. The number of pyridine rings is 1. The highest BCUT2D eigenvalue weighted by molar-refractivity contribution is 5.97. The Kier molecular flexibility index (Phi) is 5.49. The predicted molar refractivity (Wildman–Crippen MR) is 85.3 cm³/mol. The molecule has 0 aliphatic carbocycles. The average molecular weight is 368 g/mol. The van der Waals surface area contributed by atoms with Crippen LogP contribution in [0.4, 0.5) is 13.2 Å². The lowest BCUT2D eigenvalue weighted by Gasteiger charge is -2.12. The minimum atomic E-state index is -4.50. The van der Waals surface area contributed by atoms with Crippen molar-refractivity contribution in [3.05, 3.63) is 47.8 Å². The first-order valence-corrected chi connectivity index (χ1v) is 7.39. The molecule has 1 aromatic carbocycles.